The number of benzene rings is 1. The lowest BCUT2D eigenvalue weighted by atomic mass is 9.99. The van der Waals surface area contributed by atoms with Crippen molar-refractivity contribution < 1.29 is 9.84 Å². The van der Waals surface area contributed by atoms with Crippen molar-refractivity contribution in [3.8, 4) is 5.75 Å². The third kappa shape index (κ3) is 3.00. The van der Waals surface area contributed by atoms with Crippen LogP contribution >= 0.6 is 15.9 Å². The third-order valence-corrected chi connectivity index (χ3v) is 4.27. The smallest absolute Gasteiger partial charge is 0.126 e. The fourth-order valence-corrected chi connectivity index (χ4v) is 2.46. The average molecular weight is 302 g/mol. The van der Waals surface area contributed by atoms with Crippen molar-refractivity contribution in [3.63, 3.8) is 0 Å². The molecule has 17 heavy (non-hydrogen) atoms. The van der Waals surface area contributed by atoms with Crippen LogP contribution in [0, 0.1) is 20.8 Å². The minimum atomic E-state index is 0.146. The minimum Gasteiger partial charge on any atom is -0.496 e. The van der Waals surface area contributed by atoms with E-state index in [1.165, 1.54) is 11.1 Å². The van der Waals surface area contributed by atoms with Gasteiger partial charge in [-0.2, -0.15) is 0 Å². The number of hydrogen-bond donors (Lipinski definition) is 2. The average Bonchev–Trinajstić information content (AvgIpc) is 2.33. The highest BCUT2D eigenvalue weighted by Crippen LogP contribution is 2.35. The summed E-state index contributed by atoms with van der Waals surface area (Å²) < 4.78 is 6.64. The summed E-state index contributed by atoms with van der Waals surface area (Å²) in [6.45, 7) is 7.67. The van der Waals surface area contributed by atoms with Gasteiger partial charge in [-0.15, -0.1) is 0 Å². The van der Waals surface area contributed by atoms with E-state index >= 15 is 0 Å². The summed E-state index contributed by atoms with van der Waals surface area (Å²) in [5.41, 5.74) is 4.71. The monoisotopic (exact) mass is 301 g/mol. The van der Waals surface area contributed by atoms with E-state index in [-0.39, 0.29) is 6.61 Å². The van der Waals surface area contributed by atoms with Gasteiger partial charge in [0.05, 0.1) is 13.7 Å². The van der Waals surface area contributed by atoms with Gasteiger partial charge in [0.2, 0.25) is 0 Å². The van der Waals surface area contributed by atoms with Crippen LogP contribution in [0.5, 0.6) is 5.75 Å². The Labute approximate surface area is 111 Å². The SMILES string of the molecule is COc1c(C)c(C)c(Br)c(C)c1CNCCO. The van der Waals surface area contributed by atoms with Crippen molar-refractivity contribution in [1.82, 2.24) is 5.32 Å². The molecular formula is C13H20BrNO2. The fourth-order valence-electron chi connectivity index (χ4n) is 1.93. The van der Waals surface area contributed by atoms with E-state index in [0.29, 0.717) is 13.1 Å². The molecule has 3 nitrogen and oxygen atoms in total. The quantitative estimate of drug-likeness (QED) is 0.821. The molecule has 0 spiro atoms. The molecule has 0 unspecified atom stereocenters. The second-order valence-corrected chi connectivity index (χ2v) is 4.89. The Bertz CT molecular complexity index is 405. The molecule has 1 aromatic rings. The number of aliphatic hydroxyl groups is 1. The van der Waals surface area contributed by atoms with E-state index in [2.05, 4.69) is 42.0 Å². The van der Waals surface area contributed by atoms with E-state index in [1.54, 1.807) is 7.11 Å². The number of ether oxygens (including phenoxy) is 1. The molecule has 1 aromatic carbocycles. The van der Waals surface area contributed by atoms with Crippen LogP contribution in [0.2, 0.25) is 0 Å². The van der Waals surface area contributed by atoms with E-state index < -0.39 is 0 Å². The topological polar surface area (TPSA) is 41.5 Å². The molecule has 4 heteroatoms. The molecule has 0 bridgehead atoms. The molecule has 0 aliphatic carbocycles. The molecule has 0 saturated carbocycles. The predicted molar refractivity (Wildman–Crippen MR) is 73.7 cm³/mol. The summed E-state index contributed by atoms with van der Waals surface area (Å²) in [7, 11) is 1.70. The number of halogens is 1. The maximum Gasteiger partial charge on any atom is 0.126 e. The molecule has 0 atom stereocenters. The Hall–Kier alpha value is -0.580. The van der Waals surface area contributed by atoms with Crippen LogP contribution in [0.1, 0.15) is 22.3 Å². The minimum absolute atomic E-state index is 0.146. The van der Waals surface area contributed by atoms with Gasteiger partial charge in [0, 0.05) is 23.1 Å². The van der Waals surface area contributed by atoms with Gasteiger partial charge in [0.15, 0.2) is 0 Å². The summed E-state index contributed by atoms with van der Waals surface area (Å²) in [4.78, 5) is 0. The van der Waals surface area contributed by atoms with Gasteiger partial charge in [-0.25, -0.2) is 0 Å². The summed E-state index contributed by atoms with van der Waals surface area (Å²) in [6, 6.07) is 0. The van der Waals surface area contributed by atoms with Crippen molar-refractivity contribution in [3.05, 3.63) is 26.7 Å². The molecule has 96 valence electrons. The molecule has 0 saturated heterocycles. The summed E-state index contributed by atoms with van der Waals surface area (Å²) in [6.07, 6.45) is 0. The van der Waals surface area contributed by atoms with Gasteiger partial charge in [0.25, 0.3) is 0 Å². The van der Waals surface area contributed by atoms with Crippen LogP contribution in [-0.4, -0.2) is 25.4 Å². The normalized spacial score (nSPS) is 10.7. The summed E-state index contributed by atoms with van der Waals surface area (Å²) in [5, 5.41) is 12.0. The zero-order chi connectivity index (χ0) is 13.0. The molecule has 0 aliphatic heterocycles. The lowest BCUT2D eigenvalue weighted by Crippen LogP contribution is -2.19. The number of rotatable bonds is 5. The van der Waals surface area contributed by atoms with Crippen molar-refractivity contribution in [2.75, 3.05) is 20.3 Å². The van der Waals surface area contributed by atoms with Crippen LogP contribution in [-0.2, 0) is 6.54 Å². The zero-order valence-corrected chi connectivity index (χ0v) is 12.4. The second kappa shape index (κ2) is 6.38. The van der Waals surface area contributed by atoms with E-state index in [0.717, 1.165) is 21.3 Å². The Kier molecular flexibility index (Phi) is 5.43. The zero-order valence-electron chi connectivity index (χ0n) is 10.9. The van der Waals surface area contributed by atoms with Crippen molar-refractivity contribution >= 4 is 15.9 Å². The highest BCUT2D eigenvalue weighted by molar-refractivity contribution is 9.10. The molecule has 0 radical (unpaired) electrons. The van der Waals surface area contributed by atoms with Crippen LogP contribution < -0.4 is 10.1 Å². The molecule has 0 heterocycles. The first-order valence-corrected chi connectivity index (χ1v) is 6.47. The predicted octanol–water partition coefficient (Wildman–Crippen LogP) is 2.46. The van der Waals surface area contributed by atoms with Gasteiger partial charge in [-0.1, -0.05) is 15.9 Å². The molecule has 0 amide bonds. The Morgan fingerprint density at radius 3 is 2.35 bits per heavy atom. The highest BCUT2D eigenvalue weighted by Gasteiger charge is 2.15. The lowest BCUT2D eigenvalue weighted by Gasteiger charge is -2.19. The molecular weight excluding hydrogens is 282 g/mol. The van der Waals surface area contributed by atoms with E-state index in [1.807, 2.05) is 0 Å². The van der Waals surface area contributed by atoms with Crippen molar-refractivity contribution in [2.45, 2.75) is 27.3 Å². The molecule has 0 fully saturated rings. The maximum atomic E-state index is 8.79. The van der Waals surface area contributed by atoms with Gasteiger partial charge in [-0.05, 0) is 37.5 Å². The fraction of sp³-hybridized carbons (Fsp3) is 0.538. The summed E-state index contributed by atoms with van der Waals surface area (Å²) >= 11 is 3.62. The third-order valence-electron chi connectivity index (χ3n) is 3.08. The van der Waals surface area contributed by atoms with Crippen molar-refractivity contribution in [2.24, 2.45) is 0 Å². The highest BCUT2D eigenvalue weighted by atomic mass is 79.9. The first kappa shape index (κ1) is 14.5. The van der Waals surface area contributed by atoms with Crippen LogP contribution in [0.25, 0.3) is 0 Å². The van der Waals surface area contributed by atoms with Gasteiger partial charge in [-0.3, -0.25) is 0 Å². The molecule has 0 aromatic heterocycles. The van der Waals surface area contributed by atoms with E-state index in [4.69, 9.17) is 9.84 Å². The first-order valence-electron chi connectivity index (χ1n) is 5.68. The summed E-state index contributed by atoms with van der Waals surface area (Å²) in [5.74, 6) is 0.939. The van der Waals surface area contributed by atoms with Gasteiger partial charge < -0.3 is 15.2 Å². The molecule has 2 N–H and O–H groups in total. The number of hydrogen-bond acceptors (Lipinski definition) is 3. The number of aliphatic hydroxyl groups excluding tert-OH is 1. The maximum absolute atomic E-state index is 8.79. The van der Waals surface area contributed by atoms with Gasteiger partial charge >= 0.3 is 0 Å². The van der Waals surface area contributed by atoms with Crippen LogP contribution in [0.3, 0.4) is 0 Å². The second-order valence-electron chi connectivity index (χ2n) is 4.10. The molecule has 0 aliphatic rings. The van der Waals surface area contributed by atoms with E-state index in [9.17, 15) is 0 Å². The van der Waals surface area contributed by atoms with Crippen LogP contribution in [0.15, 0.2) is 4.47 Å². The lowest BCUT2D eigenvalue weighted by molar-refractivity contribution is 0.291. The largest absolute Gasteiger partial charge is 0.496 e. The number of methoxy groups -OCH3 is 1. The number of nitrogens with one attached hydrogen (secondary N) is 1. The Morgan fingerprint density at radius 1 is 1.18 bits per heavy atom. The van der Waals surface area contributed by atoms with Gasteiger partial charge in [0.1, 0.15) is 5.75 Å². The van der Waals surface area contributed by atoms with Crippen molar-refractivity contribution in [1.29, 1.82) is 0 Å². The Balaban J connectivity index is 3.17. The molecule has 1 rings (SSSR count). The standard InChI is InChI=1S/C13H20BrNO2/c1-8-9(2)13(17-4)11(7-15-5-6-16)10(3)12(8)14/h15-16H,5-7H2,1-4H3. The van der Waals surface area contributed by atoms with Crippen LogP contribution in [0.4, 0.5) is 0 Å². The Morgan fingerprint density at radius 2 is 1.82 bits per heavy atom. The first-order chi connectivity index (χ1) is 8.04.